The highest BCUT2D eigenvalue weighted by Gasteiger charge is 2.27. The molecule has 2 heterocycles. The molecule has 1 fully saturated rings. The number of hydrogen-bond acceptors (Lipinski definition) is 3. The number of hydrogen-bond donors (Lipinski definition) is 0. The number of aryl methyl sites for hydroxylation is 1. The molecular weight excluding hydrogens is 192 g/mol. The Bertz CT molecular complexity index is 340. The highest BCUT2D eigenvalue weighted by molar-refractivity contribution is 5.96. The van der Waals surface area contributed by atoms with Gasteiger partial charge in [-0.15, -0.1) is 0 Å². The van der Waals surface area contributed by atoms with Crippen molar-refractivity contribution in [3.8, 4) is 0 Å². The number of imidazole rings is 1. The van der Waals surface area contributed by atoms with Crippen molar-refractivity contribution in [2.45, 2.75) is 38.8 Å². The van der Waals surface area contributed by atoms with Gasteiger partial charge in [0, 0.05) is 25.5 Å². The van der Waals surface area contributed by atoms with E-state index in [4.69, 9.17) is 4.74 Å². The summed E-state index contributed by atoms with van der Waals surface area (Å²) in [5, 5.41) is 0. The van der Waals surface area contributed by atoms with Gasteiger partial charge in [0.25, 0.3) is 0 Å². The van der Waals surface area contributed by atoms with Crippen molar-refractivity contribution in [3.05, 3.63) is 18.2 Å². The quantitative estimate of drug-likeness (QED) is 0.707. The Kier molecular flexibility index (Phi) is 3.16. The maximum Gasteiger partial charge on any atom is 0.226 e. The SMILES string of the molecule is CCCn1ccnc1C(=O)C1CCCO1. The first-order valence-electron chi connectivity index (χ1n) is 5.50. The molecule has 4 nitrogen and oxygen atoms in total. The predicted molar refractivity (Wildman–Crippen MR) is 55.8 cm³/mol. The summed E-state index contributed by atoms with van der Waals surface area (Å²) in [5.74, 6) is 0.578. The van der Waals surface area contributed by atoms with Crippen molar-refractivity contribution in [1.29, 1.82) is 0 Å². The average Bonchev–Trinajstić information content (AvgIpc) is 2.87. The van der Waals surface area contributed by atoms with Crippen molar-refractivity contribution in [2.24, 2.45) is 0 Å². The summed E-state index contributed by atoms with van der Waals surface area (Å²) in [6.07, 6.45) is 6.08. The van der Waals surface area contributed by atoms with E-state index >= 15 is 0 Å². The molecule has 0 spiro atoms. The van der Waals surface area contributed by atoms with Crippen molar-refractivity contribution in [1.82, 2.24) is 9.55 Å². The van der Waals surface area contributed by atoms with Gasteiger partial charge in [-0.25, -0.2) is 4.98 Å². The number of nitrogens with zero attached hydrogens (tertiary/aromatic N) is 2. The van der Waals surface area contributed by atoms with Gasteiger partial charge in [-0.05, 0) is 19.3 Å². The molecule has 15 heavy (non-hydrogen) atoms. The van der Waals surface area contributed by atoms with Crippen molar-refractivity contribution >= 4 is 5.78 Å². The first-order valence-corrected chi connectivity index (χ1v) is 5.50. The van der Waals surface area contributed by atoms with E-state index in [2.05, 4.69) is 11.9 Å². The number of ketones is 1. The van der Waals surface area contributed by atoms with E-state index in [0.29, 0.717) is 12.4 Å². The van der Waals surface area contributed by atoms with Crippen molar-refractivity contribution in [3.63, 3.8) is 0 Å². The van der Waals surface area contributed by atoms with Crippen molar-refractivity contribution in [2.75, 3.05) is 6.61 Å². The third-order valence-corrected chi connectivity index (χ3v) is 2.62. The van der Waals surface area contributed by atoms with Crippen LogP contribution >= 0.6 is 0 Å². The smallest absolute Gasteiger partial charge is 0.226 e. The van der Waals surface area contributed by atoms with Crippen LogP contribution in [0.1, 0.15) is 36.8 Å². The fraction of sp³-hybridized carbons (Fsp3) is 0.636. The van der Waals surface area contributed by atoms with Gasteiger partial charge in [0.2, 0.25) is 5.78 Å². The maximum atomic E-state index is 12.0. The molecule has 1 atom stereocenters. The van der Waals surface area contributed by atoms with Crippen LogP contribution in [-0.4, -0.2) is 28.0 Å². The van der Waals surface area contributed by atoms with Gasteiger partial charge in [0.15, 0.2) is 5.82 Å². The minimum absolute atomic E-state index is 0.0333. The van der Waals surface area contributed by atoms with Crippen LogP contribution in [0.25, 0.3) is 0 Å². The molecule has 0 bridgehead atoms. The van der Waals surface area contributed by atoms with E-state index < -0.39 is 0 Å². The molecule has 4 heteroatoms. The molecule has 1 aromatic rings. The van der Waals surface area contributed by atoms with Gasteiger partial charge in [0.1, 0.15) is 6.10 Å². The lowest BCUT2D eigenvalue weighted by Gasteiger charge is -2.09. The van der Waals surface area contributed by atoms with Crippen LogP contribution in [0, 0.1) is 0 Å². The molecule has 1 unspecified atom stereocenters. The van der Waals surface area contributed by atoms with Crippen LogP contribution in [0.15, 0.2) is 12.4 Å². The molecule has 0 radical (unpaired) electrons. The number of carbonyl (C=O) groups is 1. The first-order chi connectivity index (χ1) is 7.33. The molecule has 82 valence electrons. The summed E-state index contributed by atoms with van der Waals surface area (Å²) in [7, 11) is 0. The highest BCUT2D eigenvalue weighted by Crippen LogP contribution is 2.16. The van der Waals surface area contributed by atoms with E-state index in [1.54, 1.807) is 6.20 Å². The second-order valence-corrected chi connectivity index (χ2v) is 3.81. The fourth-order valence-electron chi connectivity index (χ4n) is 1.88. The Hall–Kier alpha value is -1.16. The molecule has 0 aliphatic carbocycles. The third kappa shape index (κ3) is 2.09. The standard InChI is InChI=1S/C11H16N2O2/c1-2-6-13-7-5-12-11(13)10(14)9-4-3-8-15-9/h5,7,9H,2-4,6,8H2,1H3. The number of Topliss-reactive ketones (excluding diaryl/α,β-unsaturated/α-hetero) is 1. The molecule has 0 N–H and O–H groups in total. The predicted octanol–water partition coefficient (Wildman–Crippen LogP) is 1.65. The monoisotopic (exact) mass is 208 g/mol. The van der Waals surface area contributed by atoms with Gasteiger partial charge in [-0.3, -0.25) is 4.79 Å². The van der Waals surface area contributed by atoms with Gasteiger partial charge >= 0.3 is 0 Å². The number of aromatic nitrogens is 2. The average molecular weight is 208 g/mol. The maximum absolute atomic E-state index is 12.0. The molecule has 1 aliphatic rings. The minimum Gasteiger partial charge on any atom is -0.370 e. The lowest BCUT2D eigenvalue weighted by molar-refractivity contribution is 0.0627. The Morgan fingerprint density at radius 2 is 2.60 bits per heavy atom. The van der Waals surface area contributed by atoms with E-state index in [1.165, 1.54) is 0 Å². The molecule has 0 amide bonds. The molecule has 2 rings (SSSR count). The normalized spacial score (nSPS) is 20.7. The van der Waals surface area contributed by atoms with Crippen LogP contribution in [0.5, 0.6) is 0 Å². The summed E-state index contributed by atoms with van der Waals surface area (Å²) >= 11 is 0. The number of ether oxygens (including phenoxy) is 1. The topological polar surface area (TPSA) is 44.1 Å². The van der Waals surface area contributed by atoms with Gasteiger partial charge in [-0.1, -0.05) is 6.92 Å². The zero-order valence-corrected chi connectivity index (χ0v) is 8.98. The Morgan fingerprint density at radius 3 is 3.27 bits per heavy atom. The third-order valence-electron chi connectivity index (χ3n) is 2.62. The van der Waals surface area contributed by atoms with Gasteiger partial charge < -0.3 is 9.30 Å². The van der Waals surface area contributed by atoms with Crippen LogP contribution < -0.4 is 0 Å². The zero-order chi connectivity index (χ0) is 10.7. The molecule has 0 aromatic carbocycles. The largest absolute Gasteiger partial charge is 0.370 e. The Labute approximate surface area is 89.3 Å². The Balaban J connectivity index is 2.13. The number of rotatable bonds is 4. The van der Waals surface area contributed by atoms with E-state index in [-0.39, 0.29) is 11.9 Å². The van der Waals surface area contributed by atoms with Gasteiger partial charge in [0.05, 0.1) is 0 Å². The summed E-state index contributed by atoms with van der Waals surface area (Å²) in [4.78, 5) is 16.1. The van der Waals surface area contributed by atoms with Crippen LogP contribution in [0.4, 0.5) is 0 Å². The minimum atomic E-state index is -0.261. The van der Waals surface area contributed by atoms with E-state index in [1.807, 2.05) is 10.8 Å². The van der Waals surface area contributed by atoms with E-state index in [0.717, 1.165) is 25.8 Å². The summed E-state index contributed by atoms with van der Waals surface area (Å²) in [5.41, 5.74) is 0. The second-order valence-electron chi connectivity index (χ2n) is 3.81. The molecule has 1 aromatic heterocycles. The molecule has 1 saturated heterocycles. The lowest BCUT2D eigenvalue weighted by atomic mass is 10.1. The Morgan fingerprint density at radius 1 is 1.73 bits per heavy atom. The van der Waals surface area contributed by atoms with Crippen LogP contribution in [0.2, 0.25) is 0 Å². The van der Waals surface area contributed by atoms with Gasteiger partial charge in [-0.2, -0.15) is 0 Å². The molecule has 0 saturated carbocycles. The summed E-state index contributed by atoms with van der Waals surface area (Å²) in [6, 6.07) is 0. The van der Waals surface area contributed by atoms with Crippen LogP contribution in [-0.2, 0) is 11.3 Å². The lowest BCUT2D eigenvalue weighted by Crippen LogP contribution is -2.23. The van der Waals surface area contributed by atoms with E-state index in [9.17, 15) is 4.79 Å². The number of carbonyl (C=O) groups excluding carboxylic acids is 1. The summed E-state index contributed by atoms with van der Waals surface area (Å²) < 4.78 is 7.28. The van der Waals surface area contributed by atoms with Crippen molar-refractivity contribution < 1.29 is 9.53 Å². The first kappa shape index (κ1) is 10.4. The fourth-order valence-corrected chi connectivity index (χ4v) is 1.88. The van der Waals surface area contributed by atoms with Crippen LogP contribution in [0.3, 0.4) is 0 Å². The molecule has 1 aliphatic heterocycles. The zero-order valence-electron chi connectivity index (χ0n) is 8.98. The second kappa shape index (κ2) is 4.57. The highest BCUT2D eigenvalue weighted by atomic mass is 16.5. The summed E-state index contributed by atoms with van der Waals surface area (Å²) in [6.45, 7) is 3.62. The molecular formula is C11H16N2O2.